The number of fused-ring (bicyclic) bond motifs is 1. The topological polar surface area (TPSA) is 74.1 Å². The first kappa shape index (κ1) is 21.5. The molecule has 0 atom stereocenters. The van der Waals surface area contributed by atoms with Crippen LogP contribution in [0.15, 0.2) is 30.5 Å². The zero-order chi connectivity index (χ0) is 21.6. The van der Waals surface area contributed by atoms with Crippen molar-refractivity contribution < 1.29 is 4.39 Å². The van der Waals surface area contributed by atoms with Crippen LogP contribution in [0, 0.1) is 5.82 Å². The normalized spacial score (nSPS) is 15.5. The number of nitrogens with one attached hydrogen (secondary N) is 2. The van der Waals surface area contributed by atoms with E-state index in [0.717, 1.165) is 49.3 Å². The fourth-order valence-corrected chi connectivity index (χ4v) is 3.92. The van der Waals surface area contributed by atoms with Crippen LogP contribution in [0.1, 0.15) is 19.8 Å². The van der Waals surface area contributed by atoms with Crippen LogP contribution in [0.25, 0.3) is 11.0 Å². The Morgan fingerprint density at radius 1 is 1.00 bits per heavy atom. The van der Waals surface area contributed by atoms with E-state index in [4.69, 9.17) is 0 Å². The van der Waals surface area contributed by atoms with Crippen LogP contribution in [-0.4, -0.2) is 75.4 Å². The molecule has 0 spiro atoms. The van der Waals surface area contributed by atoms with Crippen LogP contribution in [0.4, 0.5) is 21.8 Å². The average molecular weight is 427 g/mol. The van der Waals surface area contributed by atoms with Crippen molar-refractivity contribution in [3.05, 3.63) is 36.3 Å². The van der Waals surface area contributed by atoms with Gasteiger partial charge in [0.1, 0.15) is 11.6 Å². The molecule has 166 valence electrons. The van der Waals surface area contributed by atoms with Crippen molar-refractivity contribution in [1.29, 1.82) is 0 Å². The number of aryl methyl sites for hydroxylation is 1. The quantitative estimate of drug-likeness (QED) is 0.510. The molecule has 0 bridgehead atoms. The van der Waals surface area contributed by atoms with Crippen LogP contribution in [-0.2, 0) is 7.05 Å². The molecule has 8 nitrogen and oxygen atoms in total. The Labute approximate surface area is 182 Å². The Balaban J connectivity index is 1.35. The third-order valence-corrected chi connectivity index (χ3v) is 5.64. The molecule has 1 aromatic carbocycles. The first-order valence-electron chi connectivity index (χ1n) is 11.0. The SMILES string of the molecule is CCCN1CCN(CCCNc2nc(Nc3ccc(F)cc3)c3cnn(C)c3n2)CC1. The molecular weight excluding hydrogens is 395 g/mol. The number of benzene rings is 1. The van der Waals surface area contributed by atoms with Crippen molar-refractivity contribution in [2.45, 2.75) is 19.8 Å². The summed E-state index contributed by atoms with van der Waals surface area (Å²) in [5.41, 5.74) is 1.51. The third kappa shape index (κ3) is 5.48. The predicted molar refractivity (Wildman–Crippen MR) is 122 cm³/mol. The van der Waals surface area contributed by atoms with Crippen molar-refractivity contribution in [2.75, 3.05) is 56.4 Å². The van der Waals surface area contributed by atoms with E-state index < -0.39 is 0 Å². The smallest absolute Gasteiger partial charge is 0.226 e. The second-order valence-electron chi connectivity index (χ2n) is 8.00. The molecule has 2 N–H and O–H groups in total. The molecule has 0 saturated carbocycles. The summed E-state index contributed by atoms with van der Waals surface area (Å²) in [6.07, 6.45) is 3.99. The van der Waals surface area contributed by atoms with Gasteiger partial charge in [-0.25, -0.2) is 4.39 Å². The number of piperazine rings is 1. The molecule has 31 heavy (non-hydrogen) atoms. The van der Waals surface area contributed by atoms with Gasteiger partial charge in [0, 0.05) is 45.5 Å². The molecule has 0 amide bonds. The van der Waals surface area contributed by atoms with Gasteiger partial charge in [-0.1, -0.05) is 6.92 Å². The number of aromatic nitrogens is 4. The van der Waals surface area contributed by atoms with Gasteiger partial charge in [0.15, 0.2) is 5.65 Å². The Bertz CT molecular complexity index is 979. The molecule has 3 heterocycles. The molecular formula is C22H31FN8. The van der Waals surface area contributed by atoms with Crippen LogP contribution in [0.2, 0.25) is 0 Å². The zero-order valence-electron chi connectivity index (χ0n) is 18.3. The molecule has 0 aliphatic carbocycles. The standard InChI is InChI=1S/C22H31FN8/c1-3-10-30-12-14-31(15-13-30)11-4-9-24-22-27-20(19-16-25-29(2)21(19)28-22)26-18-7-5-17(23)6-8-18/h5-8,16H,3-4,9-15H2,1-2H3,(H2,24,26,27,28). The van der Waals surface area contributed by atoms with Gasteiger partial charge in [-0.05, 0) is 50.2 Å². The zero-order valence-corrected chi connectivity index (χ0v) is 18.3. The minimum absolute atomic E-state index is 0.270. The van der Waals surface area contributed by atoms with Gasteiger partial charge in [-0.3, -0.25) is 4.68 Å². The minimum Gasteiger partial charge on any atom is -0.354 e. The van der Waals surface area contributed by atoms with Gasteiger partial charge in [0.2, 0.25) is 5.95 Å². The molecule has 1 fully saturated rings. The third-order valence-electron chi connectivity index (χ3n) is 5.64. The summed E-state index contributed by atoms with van der Waals surface area (Å²) in [6.45, 7) is 9.93. The number of anilines is 3. The summed E-state index contributed by atoms with van der Waals surface area (Å²) < 4.78 is 15.0. The second-order valence-corrected chi connectivity index (χ2v) is 8.00. The molecule has 1 aliphatic rings. The molecule has 0 radical (unpaired) electrons. The van der Waals surface area contributed by atoms with E-state index in [-0.39, 0.29) is 5.82 Å². The van der Waals surface area contributed by atoms with Gasteiger partial charge >= 0.3 is 0 Å². The van der Waals surface area contributed by atoms with Gasteiger partial charge in [0.25, 0.3) is 0 Å². The highest BCUT2D eigenvalue weighted by Gasteiger charge is 2.16. The van der Waals surface area contributed by atoms with E-state index in [1.807, 2.05) is 7.05 Å². The van der Waals surface area contributed by atoms with Gasteiger partial charge < -0.3 is 20.4 Å². The van der Waals surface area contributed by atoms with E-state index in [1.165, 1.54) is 38.2 Å². The summed E-state index contributed by atoms with van der Waals surface area (Å²) in [4.78, 5) is 14.3. The largest absolute Gasteiger partial charge is 0.354 e. The highest BCUT2D eigenvalue weighted by atomic mass is 19.1. The molecule has 0 unspecified atom stereocenters. The average Bonchev–Trinajstić information content (AvgIpc) is 3.15. The number of halogens is 1. The van der Waals surface area contributed by atoms with Crippen LogP contribution >= 0.6 is 0 Å². The fourth-order valence-electron chi connectivity index (χ4n) is 3.92. The predicted octanol–water partition coefficient (Wildman–Crippen LogP) is 3.08. The summed E-state index contributed by atoms with van der Waals surface area (Å²) in [6, 6.07) is 6.22. The molecule has 9 heteroatoms. The van der Waals surface area contributed by atoms with E-state index in [9.17, 15) is 4.39 Å². The van der Waals surface area contributed by atoms with Crippen molar-refractivity contribution >= 4 is 28.5 Å². The lowest BCUT2D eigenvalue weighted by molar-refractivity contribution is 0.132. The highest BCUT2D eigenvalue weighted by Crippen LogP contribution is 2.25. The minimum atomic E-state index is -0.270. The second kappa shape index (κ2) is 10.0. The first-order valence-corrected chi connectivity index (χ1v) is 11.0. The van der Waals surface area contributed by atoms with Crippen LogP contribution < -0.4 is 10.6 Å². The Hall–Kier alpha value is -2.78. The van der Waals surface area contributed by atoms with Crippen molar-refractivity contribution in [3.8, 4) is 0 Å². The monoisotopic (exact) mass is 426 g/mol. The first-order chi connectivity index (χ1) is 15.1. The maximum Gasteiger partial charge on any atom is 0.226 e. The van der Waals surface area contributed by atoms with Crippen molar-refractivity contribution in [3.63, 3.8) is 0 Å². The van der Waals surface area contributed by atoms with Crippen molar-refractivity contribution in [2.24, 2.45) is 7.05 Å². The highest BCUT2D eigenvalue weighted by molar-refractivity contribution is 5.89. The Kier molecular flexibility index (Phi) is 6.93. The molecule has 3 aromatic rings. The number of rotatable bonds is 9. The van der Waals surface area contributed by atoms with Gasteiger partial charge in [-0.15, -0.1) is 0 Å². The number of nitrogens with zero attached hydrogens (tertiary/aromatic N) is 6. The van der Waals surface area contributed by atoms with Crippen LogP contribution in [0.3, 0.4) is 0 Å². The Morgan fingerprint density at radius 2 is 1.71 bits per heavy atom. The number of hydrogen-bond acceptors (Lipinski definition) is 7. The van der Waals surface area contributed by atoms with Crippen molar-refractivity contribution in [1.82, 2.24) is 29.5 Å². The lowest BCUT2D eigenvalue weighted by atomic mass is 10.2. The van der Waals surface area contributed by atoms with E-state index in [0.29, 0.717) is 11.8 Å². The summed E-state index contributed by atoms with van der Waals surface area (Å²) in [5.74, 6) is 0.946. The molecule has 1 aliphatic heterocycles. The summed E-state index contributed by atoms with van der Waals surface area (Å²) >= 11 is 0. The fraction of sp³-hybridized carbons (Fsp3) is 0.500. The summed E-state index contributed by atoms with van der Waals surface area (Å²) in [7, 11) is 1.86. The van der Waals surface area contributed by atoms with E-state index >= 15 is 0 Å². The lowest BCUT2D eigenvalue weighted by Crippen LogP contribution is -2.46. The van der Waals surface area contributed by atoms with E-state index in [1.54, 1.807) is 23.0 Å². The Morgan fingerprint density at radius 3 is 2.42 bits per heavy atom. The lowest BCUT2D eigenvalue weighted by Gasteiger charge is -2.34. The van der Waals surface area contributed by atoms with Crippen LogP contribution in [0.5, 0.6) is 0 Å². The van der Waals surface area contributed by atoms with Gasteiger partial charge in [0.05, 0.1) is 11.6 Å². The maximum atomic E-state index is 13.2. The summed E-state index contributed by atoms with van der Waals surface area (Å²) in [5, 5.41) is 11.7. The number of hydrogen-bond donors (Lipinski definition) is 2. The molecule has 2 aromatic heterocycles. The molecule has 4 rings (SSSR count). The van der Waals surface area contributed by atoms with E-state index in [2.05, 4.69) is 42.4 Å². The maximum absolute atomic E-state index is 13.2. The van der Waals surface area contributed by atoms with Gasteiger partial charge in [-0.2, -0.15) is 15.1 Å². The molecule has 1 saturated heterocycles.